The molecule has 0 aliphatic carbocycles. The zero-order valence-electron chi connectivity index (χ0n) is 10.5. The first-order valence-electron chi connectivity index (χ1n) is 5.62. The lowest BCUT2D eigenvalue weighted by atomic mass is 9.98. The van der Waals surface area contributed by atoms with Gasteiger partial charge in [0.2, 0.25) is 0 Å². The molecule has 1 nitrogen and oxygen atoms in total. The molecule has 1 aromatic carbocycles. The second kappa shape index (κ2) is 4.22. The first kappa shape index (κ1) is 12.2. The van der Waals surface area contributed by atoms with E-state index >= 15 is 0 Å². The lowest BCUT2D eigenvalue weighted by Crippen LogP contribution is -2.10. The van der Waals surface area contributed by atoms with E-state index < -0.39 is 0 Å². The van der Waals surface area contributed by atoms with E-state index in [0.29, 0.717) is 5.56 Å². The Morgan fingerprint density at radius 1 is 1.18 bits per heavy atom. The van der Waals surface area contributed by atoms with Crippen LogP contribution in [0.3, 0.4) is 0 Å². The van der Waals surface area contributed by atoms with E-state index in [1.165, 1.54) is 6.07 Å². The van der Waals surface area contributed by atoms with Gasteiger partial charge in [-0.05, 0) is 13.0 Å². The molecule has 3 heteroatoms. The van der Waals surface area contributed by atoms with E-state index in [0.717, 1.165) is 15.6 Å². The molecule has 0 bridgehead atoms. The van der Waals surface area contributed by atoms with Crippen LogP contribution in [0.25, 0.3) is 10.4 Å². The molecule has 0 spiro atoms. The summed E-state index contributed by atoms with van der Waals surface area (Å²) in [5, 5.41) is 1.05. The Labute approximate surface area is 105 Å². The van der Waals surface area contributed by atoms with Crippen LogP contribution in [-0.4, -0.2) is 4.98 Å². The van der Waals surface area contributed by atoms with E-state index in [1.54, 1.807) is 17.4 Å². The van der Waals surface area contributed by atoms with Crippen molar-refractivity contribution < 1.29 is 4.39 Å². The largest absolute Gasteiger partial charge is 0.245 e. The standard InChI is InChI=1S/C14H16FNS/c1-9-12(10-7-5-6-8-11(10)15)17-13(16-9)14(2,3)4/h5-8H,1-4H3. The maximum Gasteiger partial charge on any atom is 0.131 e. The van der Waals surface area contributed by atoms with Crippen molar-refractivity contribution in [3.8, 4) is 10.4 Å². The van der Waals surface area contributed by atoms with Crippen LogP contribution in [0.2, 0.25) is 0 Å². The average molecular weight is 249 g/mol. The number of halogens is 1. The molecule has 0 unspecified atom stereocenters. The molecular weight excluding hydrogens is 233 g/mol. The number of nitrogens with zero attached hydrogens (tertiary/aromatic N) is 1. The SMILES string of the molecule is Cc1nc(C(C)(C)C)sc1-c1ccccc1F. The van der Waals surface area contributed by atoms with Crippen LogP contribution in [0.4, 0.5) is 4.39 Å². The van der Waals surface area contributed by atoms with E-state index in [4.69, 9.17) is 0 Å². The van der Waals surface area contributed by atoms with Gasteiger partial charge in [-0.2, -0.15) is 0 Å². The van der Waals surface area contributed by atoms with Crippen molar-refractivity contribution in [3.63, 3.8) is 0 Å². The van der Waals surface area contributed by atoms with E-state index in [2.05, 4.69) is 25.8 Å². The molecule has 2 aromatic rings. The van der Waals surface area contributed by atoms with Gasteiger partial charge in [-0.15, -0.1) is 11.3 Å². The maximum absolute atomic E-state index is 13.7. The lowest BCUT2D eigenvalue weighted by molar-refractivity contribution is 0.584. The molecule has 2 rings (SSSR count). The Hall–Kier alpha value is -1.22. The Morgan fingerprint density at radius 2 is 1.82 bits per heavy atom. The fraction of sp³-hybridized carbons (Fsp3) is 0.357. The molecule has 0 saturated heterocycles. The monoisotopic (exact) mass is 249 g/mol. The minimum Gasteiger partial charge on any atom is -0.245 e. The van der Waals surface area contributed by atoms with Gasteiger partial charge in [0, 0.05) is 11.0 Å². The predicted octanol–water partition coefficient (Wildman–Crippen LogP) is 4.56. The van der Waals surface area contributed by atoms with Crippen molar-refractivity contribution >= 4 is 11.3 Å². The number of benzene rings is 1. The third-order valence-corrected chi connectivity index (χ3v) is 4.17. The summed E-state index contributed by atoms with van der Waals surface area (Å²) < 4.78 is 13.7. The van der Waals surface area contributed by atoms with Crippen LogP contribution in [0, 0.1) is 12.7 Å². The quantitative estimate of drug-likeness (QED) is 0.722. The Bertz CT molecular complexity index is 537. The molecule has 0 atom stereocenters. The fourth-order valence-corrected chi connectivity index (χ4v) is 2.76. The first-order valence-corrected chi connectivity index (χ1v) is 6.44. The van der Waals surface area contributed by atoms with Crippen LogP contribution in [-0.2, 0) is 5.41 Å². The van der Waals surface area contributed by atoms with Gasteiger partial charge >= 0.3 is 0 Å². The van der Waals surface area contributed by atoms with Gasteiger partial charge in [0.1, 0.15) is 5.82 Å². The van der Waals surface area contributed by atoms with Crippen molar-refractivity contribution in [2.45, 2.75) is 33.1 Å². The Morgan fingerprint density at radius 3 is 2.35 bits per heavy atom. The fourth-order valence-electron chi connectivity index (χ4n) is 1.61. The third kappa shape index (κ3) is 2.39. The van der Waals surface area contributed by atoms with E-state index in [-0.39, 0.29) is 11.2 Å². The molecule has 0 aliphatic rings. The minimum absolute atomic E-state index is 0.0128. The van der Waals surface area contributed by atoms with Crippen molar-refractivity contribution in [1.29, 1.82) is 0 Å². The Balaban J connectivity index is 2.55. The predicted molar refractivity (Wildman–Crippen MR) is 70.9 cm³/mol. The summed E-state index contributed by atoms with van der Waals surface area (Å²) >= 11 is 1.58. The maximum atomic E-state index is 13.7. The highest BCUT2D eigenvalue weighted by Gasteiger charge is 2.21. The number of aromatic nitrogens is 1. The van der Waals surface area contributed by atoms with Crippen LogP contribution >= 0.6 is 11.3 Å². The minimum atomic E-state index is -0.181. The molecule has 0 radical (unpaired) electrons. The van der Waals surface area contributed by atoms with E-state index in [9.17, 15) is 4.39 Å². The number of aryl methyl sites for hydroxylation is 1. The zero-order chi connectivity index (χ0) is 12.6. The second-order valence-electron chi connectivity index (χ2n) is 5.16. The van der Waals surface area contributed by atoms with Gasteiger partial charge in [0.15, 0.2) is 0 Å². The molecule has 0 fully saturated rings. The summed E-state index contributed by atoms with van der Waals surface area (Å²) in [5.74, 6) is -0.181. The summed E-state index contributed by atoms with van der Waals surface area (Å²) in [6.45, 7) is 8.30. The smallest absolute Gasteiger partial charge is 0.131 e. The summed E-state index contributed by atoms with van der Waals surface area (Å²) in [6.07, 6.45) is 0. The van der Waals surface area contributed by atoms with Crippen molar-refractivity contribution in [2.75, 3.05) is 0 Å². The molecule has 0 aliphatic heterocycles. The van der Waals surface area contributed by atoms with Crippen LogP contribution in [0.5, 0.6) is 0 Å². The van der Waals surface area contributed by atoms with Crippen LogP contribution in [0.1, 0.15) is 31.5 Å². The van der Waals surface area contributed by atoms with Gasteiger partial charge in [-0.3, -0.25) is 0 Å². The van der Waals surface area contributed by atoms with Crippen LogP contribution < -0.4 is 0 Å². The number of rotatable bonds is 1. The number of thiazole rings is 1. The summed E-state index contributed by atoms with van der Waals surface area (Å²) in [6, 6.07) is 6.86. The van der Waals surface area contributed by atoms with Gasteiger partial charge in [0.25, 0.3) is 0 Å². The second-order valence-corrected chi connectivity index (χ2v) is 6.16. The molecule has 17 heavy (non-hydrogen) atoms. The average Bonchev–Trinajstić information content (AvgIpc) is 2.61. The lowest BCUT2D eigenvalue weighted by Gasteiger charge is -2.13. The van der Waals surface area contributed by atoms with Gasteiger partial charge < -0.3 is 0 Å². The van der Waals surface area contributed by atoms with Crippen LogP contribution in [0.15, 0.2) is 24.3 Å². The van der Waals surface area contributed by atoms with E-state index in [1.807, 2.05) is 19.1 Å². The summed E-state index contributed by atoms with van der Waals surface area (Å²) in [7, 11) is 0. The summed E-state index contributed by atoms with van der Waals surface area (Å²) in [5.41, 5.74) is 1.57. The van der Waals surface area contributed by atoms with Crippen molar-refractivity contribution in [1.82, 2.24) is 4.98 Å². The zero-order valence-corrected chi connectivity index (χ0v) is 11.4. The molecule has 1 heterocycles. The molecule has 1 aromatic heterocycles. The Kier molecular flexibility index (Phi) is 3.04. The normalized spacial score (nSPS) is 11.8. The highest BCUT2D eigenvalue weighted by Crippen LogP contribution is 2.36. The molecular formula is C14H16FNS. The molecule has 0 saturated carbocycles. The summed E-state index contributed by atoms with van der Waals surface area (Å²) in [4.78, 5) is 5.49. The molecule has 0 amide bonds. The molecule has 0 N–H and O–H groups in total. The third-order valence-electron chi connectivity index (χ3n) is 2.56. The first-order chi connectivity index (χ1) is 7.89. The highest BCUT2D eigenvalue weighted by atomic mass is 32.1. The molecule has 90 valence electrons. The highest BCUT2D eigenvalue weighted by molar-refractivity contribution is 7.15. The van der Waals surface area contributed by atoms with Crippen molar-refractivity contribution in [3.05, 3.63) is 40.8 Å². The number of hydrogen-bond acceptors (Lipinski definition) is 2. The van der Waals surface area contributed by atoms with Crippen molar-refractivity contribution in [2.24, 2.45) is 0 Å². The van der Waals surface area contributed by atoms with Gasteiger partial charge in [-0.1, -0.05) is 39.0 Å². The van der Waals surface area contributed by atoms with Gasteiger partial charge in [0.05, 0.1) is 15.6 Å². The topological polar surface area (TPSA) is 12.9 Å². The van der Waals surface area contributed by atoms with Gasteiger partial charge in [-0.25, -0.2) is 9.37 Å². The number of hydrogen-bond donors (Lipinski definition) is 0.